The van der Waals surface area contributed by atoms with Crippen LogP contribution in [0.3, 0.4) is 0 Å². The van der Waals surface area contributed by atoms with Crippen LogP contribution >= 0.6 is 11.3 Å². The van der Waals surface area contributed by atoms with Crippen molar-refractivity contribution in [2.75, 3.05) is 0 Å². The van der Waals surface area contributed by atoms with Crippen molar-refractivity contribution in [3.05, 3.63) is 46.7 Å². The number of benzene rings is 1. The molecule has 0 aliphatic carbocycles. The van der Waals surface area contributed by atoms with E-state index >= 15 is 0 Å². The first-order valence-electron chi connectivity index (χ1n) is 5.44. The van der Waals surface area contributed by atoms with Gasteiger partial charge in [0.1, 0.15) is 11.5 Å². The van der Waals surface area contributed by atoms with Crippen LogP contribution in [-0.4, -0.2) is 11.1 Å². The van der Waals surface area contributed by atoms with Crippen LogP contribution in [0.2, 0.25) is 0 Å². The van der Waals surface area contributed by atoms with Crippen molar-refractivity contribution in [2.24, 2.45) is 5.73 Å². The number of carbonyl (C=O) groups is 1. The molecule has 3 N–H and O–H groups in total. The van der Waals surface area contributed by atoms with Crippen molar-refractivity contribution in [1.82, 2.24) is 0 Å². The van der Waals surface area contributed by atoms with E-state index in [0.29, 0.717) is 11.5 Å². The predicted octanol–water partition coefficient (Wildman–Crippen LogP) is 3.01. The highest BCUT2D eigenvalue weighted by Gasteiger charge is 2.17. The molecule has 0 fully saturated rings. The van der Waals surface area contributed by atoms with Crippen LogP contribution in [0.4, 0.5) is 0 Å². The molecule has 1 atom stereocenters. The van der Waals surface area contributed by atoms with E-state index in [2.05, 4.69) is 0 Å². The molecule has 0 aliphatic heterocycles. The first kappa shape index (κ1) is 12.6. The number of para-hydroxylation sites is 1. The van der Waals surface area contributed by atoms with E-state index < -0.39 is 12.0 Å². The average molecular weight is 263 g/mol. The second-order valence-electron chi connectivity index (χ2n) is 3.77. The minimum absolute atomic E-state index is 0.105. The quantitative estimate of drug-likeness (QED) is 0.869. The molecule has 4 nitrogen and oxygen atoms in total. The van der Waals surface area contributed by atoms with Gasteiger partial charge >= 0.3 is 5.97 Å². The number of hydrogen-bond acceptors (Lipinski definition) is 4. The summed E-state index contributed by atoms with van der Waals surface area (Å²) in [5.74, 6) is 0.418. The molecule has 0 spiro atoms. The lowest BCUT2D eigenvalue weighted by Gasteiger charge is -2.11. The fourth-order valence-electron chi connectivity index (χ4n) is 1.56. The highest BCUT2D eigenvalue weighted by molar-refractivity contribution is 7.10. The minimum Gasteiger partial charge on any atom is -0.481 e. The summed E-state index contributed by atoms with van der Waals surface area (Å²) in [6.07, 6.45) is -0.105. The Hall–Kier alpha value is -1.85. The van der Waals surface area contributed by atoms with Gasteiger partial charge in [-0.3, -0.25) is 4.79 Å². The predicted molar refractivity (Wildman–Crippen MR) is 70.0 cm³/mol. The van der Waals surface area contributed by atoms with Gasteiger partial charge in [-0.15, -0.1) is 11.3 Å². The van der Waals surface area contributed by atoms with Gasteiger partial charge in [-0.2, -0.15) is 0 Å². The van der Waals surface area contributed by atoms with Crippen LogP contribution in [-0.2, 0) is 4.79 Å². The fourth-order valence-corrected chi connectivity index (χ4v) is 2.38. The summed E-state index contributed by atoms with van der Waals surface area (Å²) in [6.45, 7) is 0. The average Bonchev–Trinajstić information content (AvgIpc) is 2.77. The molecular formula is C13H13NO3S. The van der Waals surface area contributed by atoms with Crippen LogP contribution in [0.15, 0.2) is 41.8 Å². The number of hydrogen-bond donors (Lipinski definition) is 2. The van der Waals surface area contributed by atoms with Gasteiger partial charge in [0.25, 0.3) is 0 Å². The minimum atomic E-state index is -0.915. The molecule has 1 aromatic carbocycles. The number of aliphatic carboxylic acids is 1. The van der Waals surface area contributed by atoms with Gasteiger partial charge in [0, 0.05) is 0 Å². The summed E-state index contributed by atoms with van der Waals surface area (Å²) >= 11 is 1.41. The van der Waals surface area contributed by atoms with E-state index in [-0.39, 0.29) is 6.42 Å². The molecule has 2 rings (SSSR count). The van der Waals surface area contributed by atoms with Crippen molar-refractivity contribution in [3.63, 3.8) is 0 Å². The van der Waals surface area contributed by atoms with Gasteiger partial charge in [0.2, 0.25) is 0 Å². The molecule has 94 valence electrons. The number of ether oxygens (including phenoxy) is 1. The largest absolute Gasteiger partial charge is 0.481 e. The Morgan fingerprint density at radius 2 is 2.06 bits per heavy atom. The molecule has 0 bridgehead atoms. The summed E-state index contributed by atoms with van der Waals surface area (Å²) in [7, 11) is 0. The zero-order valence-electron chi connectivity index (χ0n) is 9.58. The molecule has 0 aliphatic rings. The van der Waals surface area contributed by atoms with Crippen molar-refractivity contribution >= 4 is 17.3 Å². The van der Waals surface area contributed by atoms with Crippen LogP contribution in [0.1, 0.15) is 17.3 Å². The Balaban J connectivity index is 2.15. The summed E-state index contributed by atoms with van der Waals surface area (Å²) in [5, 5.41) is 10.6. The van der Waals surface area contributed by atoms with E-state index in [4.69, 9.17) is 15.6 Å². The Morgan fingerprint density at radius 3 is 2.72 bits per heavy atom. The molecule has 0 saturated heterocycles. The summed E-state index contributed by atoms with van der Waals surface area (Å²) in [5.41, 5.74) is 5.84. The highest BCUT2D eigenvalue weighted by atomic mass is 32.1. The Bertz CT molecular complexity index is 524. The molecule has 1 heterocycles. The normalized spacial score (nSPS) is 12.1. The van der Waals surface area contributed by atoms with Crippen LogP contribution in [0, 0.1) is 0 Å². The Kier molecular flexibility index (Phi) is 3.96. The number of rotatable bonds is 5. The maximum atomic E-state index is 10.7. The monoisotopic (exact) mass is 263 g/mol. The van der Waals surface area contributed by atoms with E-state index in [0.717, 1.165) is 4.88 Å². The maximum Gasteiger partial charge on any atom is 0.305 e. The topological polar surface area (TPSA) is 72.6 Å². The second kappa shape index (κ2) is 5.66. The lowest BCUT2D eigenvalue weighted by atomic mass is 10.2. The Morgan fingerprint density at radius 1 is 1.33 bits per heavy atom. The lowest BCUT2D eigenvalue weighted by molar-refractivity contribution is -0.137. The third-order valence-corrected chi connectivity index (χ3v) is 3.39. The SMILES string of the molecule is NC(CC(=O)O)c1sccc1Oc1ccccc1. The standard InChI is InChI=1S/C13H13NO3S/c14-10(8-12(15)16)13-11(6-7-18-13)17-9-4-2-1-3-5-9/h1-7,10H,8,14H2,(H,15,16). The molecular weight excluding hydrogens is 250 g/mol. The molecule has 2 aromatic rings. The number of nitrogens with two attached hydrogens (primary N) is 1. The maximum absolute atomic E-state index is 10.7. The fraction of sp³-hybridized carbons (Fsp3) is 0.154. The van der Waals surface area contributed by atoms with Crippen molar-refractivity contribution in [3.8, 4) is 11.5 Å². The van der Waals surface area contributed by atoms with E-state index in [1.807, 2.05) is 35.7 Å². The molecule has 0 radical (unpaired) electrons. The Labute approximate surface area is 109 Å². The van der Waals surface area contributed by atoms with Crippen LogP contribution in [0.25, 0.3) is 0 Å². The van der Waals surface area contributed by atoms with Gasteiger partial charge < -0.3 is 15.6 Å². The van der Waals surface area contributed by atoms with Crippen LogP contribution in [0.5, 0.6) is 11.5 Å². The number of carboxylic acids is 1. The van der Waals surface area contributed by atoms with E-state index in [1.54, 1.807) is 6.07 Å². The second-order valence-corrected chi connectivity index (χ2v) is 4.72. The molecule has 18 heavy (non-hydrogen) atoms. The lowest BCUT2D eigenvalue weighted by Crippen LogP contribution is -2.14. The third kappa shape index (κ3) is 3.09. The molecule has 1 unspecified atom stereocenters. The van der Waals surface area contributed by atoms with E-state index in [9.17, 15) is 4.79 Å². The number of thiophene rings is 1. The van der Waals surface area contributed by atoms with Gasteiger partial charge in [0.05, 0.1) is 17.3 Å². The molecule has 5 heteroatoms. The molecule has 0 saturated carbocycles. The summed E-state index contributed by atoms with van der Waals surface area (Å²) in [6, 6.07) is 10.6. The van der Waals surface area contributed by atoms with Gasteiger partial charge in [0.15, 0.2) is 0 Å². The van der Waals surface area contributed by atoms with Gasteiger partial charge in [-0.1, -0.05) is 18.2 Å². The van der Waals surface area contributed by atoms with Gasteiger partial charge in [-0.25, -0.2) is 0 Å². The van der Waals surface area contributed by atoms with Crippen LogP contribution < -0.4 is 10.5 Å². The van der Waals surface area contributed by atoms with Crippen molar-refractivity contribution < 1.29 is 14.6 Å². The first-order valence-corrected chi connectivity index (χ1v) is 6.32. The smallest absolute Gasteiger partial charge is 0.305 e. The summed E-state index contributed by atoms with van der Waals surface area (Å²) in [4.78, 5) is 11.4. The van der Waals surface area contributed by atoms with Gasteiger partial charge in [-0.05, 0) is 23.6 Å². The third-order valence-electron chi connectivity index (χ3n) is 2.36. The highest BCUT2D eigenvalue weighted by Crippen LogP contribution is 2.34. The summed E-state index contributed by atoms with van der Waals surface area (Å²) < 4.78 is 5.69. The number of carboxylic acid groups (broad SMARTS) is 1. The van der Waals surface area contributed by atoms with E-state index in [1.165, 1.54) is 11.3 Å². The zero-order valence-corrected chi connectivity index (χ0v) is 10.4. The zero-order chi connectivity index (χ0) is 13.0. The van der Waals surface area contributed by atoms with Crippen molar-refractivity contribution in [2.45, 2.75) is 12.5 Å². The first-order chi connectivity index (χ1) is 8.66. The molecule has 0 amide bonds. The van der Waals surface area contributed by atoms with Crippen molar-refractivity contribution in [1.29, 1.82) is 0 Å². The molecule has 1 aromatic heterocycles.